The smallest absolute Gasteiger partial charge is 0.311 e. The highest BCUT2D eigenvalue weighted by Gasteiger charge is 2.78. The van der Waals surface area contributed by atoms with Gasteiger partial charge in [-0.25, -0.2) is 0 Å². The van der Waals surface area contributed by atoms with E-state index in [1.54, 1.807) is 0 Å². The second kappa shape index (κ2) is 6.05. The molecule has 4 nitrogen and oxygen atoms in total. The van der Waals surface area contributed by atoms with Crippen LogP contribution in [0.4, 0.5) is 0 Å². The number of epoxide rings is 1. The monoisotopic (exact) mass is 369 g/mol. The number of benzene rings is 1. The molecule has 4 fully saturated rings. The summed E-state index contributed by atoms with van der Waals surface area (Å²) < 4.78 is 12.4. The van der Waals surface area contributed by atoms with Gasteiger partial charge in [-0.15, -0.1) is 0 Å². The lowest BCUT2D eigenvalue weighted by atomic mass is 9.53. The molecule has 4 aliphatic rings. The zero-order valence-corrected chi connectivity index (χ0v) is 16.6. The quantitative estimate of drug-likeness (QED) is 0.647. The Kier molecular flexibility index (Phi) is 3.97. The Morgan fingerprint density at radius 3 is 2.85 bits per heavy atom. The van der Waals surface area contributed by atoms with E-state index in [4.69, 9.17) is 9.47 Å². The summed E-state index contributed by atoms with van der Waals surface area (Å²) in [5.41, 5.74) is 1.40. The molecule has 1 aromatic carbocycles. The van der Waals surface area contributed by atoms with Crippen molar-refractivity contribution in [2.75, 3.05) is 6.54 Å². The Labute approximate surface area is 162 Å². The molecule has 0 radical (unpaired) electrons. The van der Waals surface area contributed by atoms with E-state index in [1.165, 1.54) is 24.8 Å². The maximum atomic E-state index is 12.7. The lowest BCUT2D eigenvalue weighted by Crippen LogP contribution is -2.54. The minimum Gasteiger partial charge on any atom is -0.462 e. The molecule has 5 rings (SSSR count). The van der Waals surface area contributed by atoms with Gasteiger partial charge in [-0.3, -0.25) is 4.79 Å². The normalized spacial score (nSPS) is 46.0. The van der Waals surface area contributed by atoms with Gasteiger partial charge in [-0.2, -0.15) is 0 Å². The first kappa shape index (κ1) is 17.7. The summed E-state index contributed by atoms with van der Waals surface area (Å²) in [7, 11) is 0. The SMILES string of the molecule is C[C@H](NC[C@@H]1C(=O)O[C@@H]2C[C@@]3(C)CCC[C@H](C)[C@]34O[C@H]4[C@H]12)c1ccccc1. The maximum absolute atomic E-state index is 12.7. The Balaban J connectivity index is 1.34. The first-order valence-electron chi connectivity index (χ1n) is 10.6. The largest absolute Gasteiger partial charge is 0.462 e. The molecule has 1 aromatic rings. The molecule has 0 bridgehead atoms. The van der Waals surface area contributed by atoms with E-state index >= 15 is 0 Å². The molecule has 0 unspecified atom stereocenters. The van der Waals surface area contributed by atoms with Crippen LogP contribution >= 0.6 is 0 Å². The molecule has 0 amide bonds. The van der Waals surface area contributed by atoms with Crippen LogP contribution in [-0.4, -0.2) is 30.3 Å². The Bertz CT molecular complexity index is 736. The van der Waals surface area contributed by atoms with Crippen LogP contribution in [0.2, 0.25) is 0 Å². The summed E-state index contributed by atoms with van der Waals surface area (Å²) in [6, 6.07) is 10.6. The van der Waals surface area contributed by atoms with Crippen molar-refractivity contribution in [3.05, 3.63) is 35.9 Å². The zero-order chi connectivity index (χ0) is 18.8. The molecular formula is C23H31NO3. The summed E-state index contributed by atoms with van der Waals surface area (Å²) in [5.74, 6) is 0.666. The van der Waals surface area contributed by atoms with Gasteiger partial charge in [0.05, 0.1) is 12.0 Å². The maximum Gasteiger partial charge on any atom is 0.311 e. The van der Waals surface area contributed by atoms with Crippen molar-refractivity contribution in [3.8, 4) is 0 Å². The summed E-state index contributed by atoms with van der Waals surface area (Å²) in [5, 5.41) is 3.58. The molecule has 2 aliphatic carbocycles. The van der Waals surface area contributed by atoms with E-state index < -0.39 is 0 Å². The van der Waals surface area contributed by atoms with Crippen LogP contribution in [0.5, 0.6) is 0 Å². The molecule has 146 valence electrons. The van der Waals surface area contributed by atoms with Gasteiger partial charge >= 0.3 is 5.97 Å². The molecule has 2 saturated carbocycles. The highest BCUT2D eigenvalue weighted by Crippen LogP contribution is 2.70. The molecule has 2 heterocycles. The van der Waals surface area contributed by atoms with Gasteiger partial charge in [0, 0.05) is 23.9 Å². The Morgan fingerprint density at radius 2 is 2.07 bits per heavy atom. The molecule has 2 aliphatic heterocycles. The van der Waals surface area contributed by atoms with Gasteiger partial charge in [0.2, 0.25) is 0 Å². The number of hydrogen-bond donors (Lipinski definition) is 1. The Morgan fingerprint density at radius 1 is 1.30 bits per heavy atom. The van der Waals surface area contributed by atoms with Crippen LogP contribution in [0, 0.1) is 23.2 Å². The minimum atomic E-state index is -0.0933. The van der Waals surface area contributed by atoms with Crippen LogP contribution < -0.4 is 5.32 Å². The van der Waals surface area contributed by atoms with Crippen molar-refractivity contribution in [3.63, 3.8) is 0 Å². The second-order valence-electron chi connectivity index (χ2n) is 9.59. The third kappa shape index (κ3) is 2.45. The number of esters is 1. The molecule has 8 atom stereocenters. The van der Waals surface area contributed by atoms with E-state index in [0.29, 0.717) is 12.5 Å². The van der Waals surface area contributed by atoms with Crippen molar-refractivity contribution in [1.29, 1.82) is 0 Å². The number of carbonyl (C=O) groups is 1. The first-order valence-corrected chi connectivity index (χ1v) is 10.6. The van der Waals surface area contributed by atoms with Gasteiger partial charge < -0.3 is 14.8 Å². The summed E-state index contributed by atoms with van der Waals surface area (Å²) in [6.45, 7) is 7.54. The lowest BCUT2D eigenvalue weighted by molar-refractivity contribution is -0.146. The van der Waals surface area contributed by atoms with Crippen LogP contribution in [-0.2, 0) is 14.3 Å². The van der Waals surface area contributed by atoms with Crippen LogP contribution in [0.15, 0.2) is 30.3 Å². The zero-order valence-electron chi connectivity index (χ0n) is 16.6. The number of nitrogens with one attached hydrogen (secondary N) is 1. The fraction of sp³-hybridized carbons (Fsp3) is 0.696. The lowest BCUT2D eigenvalue weighted by Gasteiger charge is -2.48. The topological polar surface area (TPSA) is 50.9 Å². The molecule has 1 spiro atoms. The van der Waals surface area contributed by atoms with E-state index in [0.717, 1.165) is 6.42 Å². The Hall–Kier alpha value is -1.39. The van der Waals surface area contributed by atoms with E-state index in [2.05, 4.69) is 50.4 Å². The fourth-order valence-corrected chi connectivity index (χ4v) is 6.63. The van der Waals surface area contributed by atoms with E-state index in [9.17, 15) is 4.79 Å². The number of ether oxygens (including phenoxy) is 2. The van der Waals surface area contributed by atoms with Crippen molar-refractivity contribution in [2.24, 2.45) is 23.2 Å². The second-order valence-corrected chi connectivity index (χ2v) is 9.59. The van der Waals surface area contributed by atoms with E-state index in [-0.39, 0.29) is 47.1 Å². The van der Waals surface area contributed by atoms with Crippen molar-refractivity contribution in [1.82, 2.24) is 5.32 Å². The number of carbonyl (C=O) groups excluding carboxylic acids is 1. The summed E-state index contributed by atoms with van der Waals surface area (Å²) in [6.07, 6.45) is 4.90. The third-order valence-electron chi connectivity index (χ3n) is 8.14. The first-order chi connectivity index (χ1) is 13.0. The third-order valence-corrected chi connectivity index (χ3v) is 8.14. The highest BCUT2D eigenvalue weighted by molar-refractivity contribution is 5.76. The number of hydrogen-bond acceptors (Lipinski definition) is 4. The predicted molar refractivity (Wildman–Crippen MR) is 103 cm³/mol. The van der Waals surface area contributed by atoms with Crippen LogP contribution in [0.1, 0.15) is 58.1 Å². The summed E-state index contributed by atoms with van der Waals surface area (Å²) >= 11 is 0. The molecule has 4 heteroatoms. The van der Waals surface area contributed by atoms with Gasteiger partial charge in [0.1, 0.15) is 11.7 Å². The molecule has 27 heavy (non-hydrogen) atoms. The average Bonchev–Trinajstić information content (AvgIpc) is 3.34. The van der Waals surface area contributed by atoms with Gasteiger partial charge in [-0.1, -0.05) is 50.6 Å². The molecule has 1 N–H and O–H groups in total. The van der Waals surface area contributed by atoms with Crippen LogP contribution in [0.3, 0.4) is 0 Å². The number of fused-ring (bicyclic) bond motifs is 2. The predicted octanol–water partition coefficient (Wildman–Crippen LogP) is 3.86. The van der Waals surface area contributed by atoms with Crippen molar-refractivity contribution < 1.29 is 14.3 Å². The molecular weight excluding hydrogens is 338 g/mol. The number of rotatable bonds is 4. The minimum absolute atomic E-state index is 0.0102. The van der Waals surface area contributed by atoms with Gasteiger partial charge in [0.25, 0.3) is 0 Å². The van der Waals surface area contributed by atoms with E-state index in [1.807, 2.05) is 6.07 Å². The fourth-order valence-electron chi connectivity index (χ4n) is 6.63. The van der Waals surface area contributed by atoms with Gasteiger partial charge in [-0.05, 0) is 37.7 Å². The average molecular weight is 370 g/mol. The van der Waals surface area contributed by atoms with Crippen molar-refractivity contribution >= 4 is 5.97 Å². The van der Waals surface area contributed by atoms with Crippen molar-refractivity contribution in [2.45, 2.75) is 70.3 Å². The molecule has 0 aromatic heterocycles. The van der Waals surface area contributed by atoms with Gasteiger partial charge in [0.15, 0.2) is 0 Å². The summed E-state index contributed by atoms with van der Waals surface area (Å²) in [4.78, 5) is 12.7. The van der Waals surface area contributed by atoms with Crippen LogP contribution in [0.25, 0.3) is 0 Å². The molecule has 2 saturated heterocycles. The highest BCUT2D eigenvalue weighted by atomic mass is 16.6. The standard InChI is InChI=1S/C23H31NO3/c1-14-8-7-11-22(3)12-18-19(20-23(14,22)27-20)17(21(25)26-18)13-24-15(2)16-9-5-4-6-10-16/h4-6,9-10,14-15,17-20,24H,7-8,11-13H2,1-3H3/t14-,15-,17-,18+,19+,20-,22+,23+/m0/s1.